The van der Waals surface area contributed by atoms with Gasteiger partial charge in [0.05, 0.1) is 0 Å². The highest BCUT2D eigenvalue weighted by atomic mass is 16.5. The number of hydrogen-bond donors (Lipinski definition) is 0. The van der Waals surface area contributed by atoms with Gasteiger partial charge in [-0.1, -0.05) is 43.2 Å². The fourth-order valence-electron chi connectivity index (χ4n) is 2.32. The molecule has 0 amide bonds. The first-order valence-electron chi connectivity index (χ1n) is 6.58. The zero-order valence-electron chi connectivity index (χ0n) is 10.2. The Morgan fingerprint density at radius 2 is 1.82 bits per heavy atom. The highest BCUT2D eigenvalue weighted by Gasteiger charge is 2.16. The monoisotopic (exact) mass is 232 g/mol. The third-order valence-electron chi connectivity index (χ3n) is 3.26. The second-order valence-corrected chi connectivity index (χ2v) is 4.75. The molecule has 1 fully saturated rings. The van der Waals surface area contributed by atoms with Crippen molar-refractivity contribution in [1.29, 1.82) is 0 Å². The minimum atomic E-state index is -0.0205. The lowest BCUT2D eigenvalue weighted by molar-refractivity contribution is -0.149. The molecule has 0 radical (unpaired) electrons. The average Bonchev–Trinajstić information content (AvgIpc) is 2.43. The number of cyclic esters (lactones) is 1. The number of hydrogen-bond acceptors (Lipinski definition) is 2. The number of esters is 1. The molecule has 0 aromatic heterocycles. The number of carbonyl (C=O) groups is 1. The molecule has 1 aromatic rings. The summed E-state index contributed by atoms with van der Waals surface area (Å²) in [4.78, 5) is 11.6. The fourth-order valence-corrected chi connectivity index (χ4v) is 2.32. The van der Waals surface area contributed by atoms with Crippen LogP contribution < -0.4 is 0 Å². The Labute approximate surface area is 103 Å². The SMILES string of the molecule is O=C1CCCCCCC(Cc2ccccc2)O1. The third kappa shape index (κ3) is 4.22. The minimum absolute atomic E-state index is 0.0205. The Morgan fingerprint density at radius 1 is 1.06 bits per heavy atom. The molecular weight excluding hydrogens is 212 g/mol. The fraction of sp³-hybridized carbons (Fsp3) is 0.533. The van der Waals surface area contributed by atoms with Gasteiger partial charge >= 0.3 is 5.97 Å². The van der Waals surface area contributed by atoms with Crippen molar-refractivity contribution in [2.24, 2.45) is 0 Å². The van der Waals surface area contributed by atoms with E-state index in [-0.39, 0.29) is 12.1 Å². The predicted octanol–water partition coefficient (Wildman–Crippen LogP) is 3.50. The van der Waals surface area contributed by atoms with Gasteiger partial charge in [0.15, 0.2) is 0 Å². The van der Waals surface area contributed by atoms with E-state index in [0.717, 1.165) is 25.7 Å². The molecule has 0 saturated carbocycles. The maximum atomic E-state index is 11.6. The molecule has 1 aromatic carbocycles. The van der Waals surface area contributed by atoms with Gasteiger partial charge < -0.3 is 4.74 Å². The first kappa shape index (κ1) is 12.2. The van der Waals surface area contributed by atoms with Crippen molar-refractivity contribution in [3.63, 3.8) is 0 Å². The normalized spacial score (nSPS) is 22.1. The maximum Gasteiger partial charge on any atom is 0.306 e. The zero-order chi connectivity index (χ0) is 11.9. The van der Waals surface area contributed by atoms with Crippen LogP contribution in [-0.4, -0.2) is 12.1 Å². The summed E-state index contributed by atoms with van der Waals surface area (Å²) < 4.78 is 5.54. The van der Waals surface area contributed by atoms with E-state index in [1.165, 1.54) is 18.4 Å². The second kappa shape index (κ2) is 6.43. The number of rotatable bonds is 2. The largest absolute Gasteiger partial charge is 0.462 e. The van der Waals surface area contributed by atoms with E-state index in [2.05, 4.69) is 12.1 Å². The van der Waals surface area contributed by atoms with Gasteiger partial charge in [-0.3, -0.25) is 4.79 Å². The van der Waals surface area contributed by atoms with Crippen LogP contribution in [-0.2, 0) is 16.0 Å². The molecule has 0 spiro atoms. The first-order valence-corrected chi connectivity index (χ1v) is 6.58. The van der Waals surface area contributed by atoms with Crippen molar-refractivity contribution < 1.29 is 9.53 Å². The van der Waals surface area contributed by atoms with Crippen molar-refractivity contribution in [2.75, 3.05) is 0 Å². The van der Waals surface area contributed by atoms with Gasteiger partial charge in [0.2, 0.25) is 0 Å². The number of carbonyl (C=O) groups excluding carboxylic acids is 1. The maximum absolute atomic E-state index is 11.6. The van der Waals surface area contributed by atoms with Crippen molar-refractivity contribution in [3.8, 4) is 0 Å². The second-order valence-electron chi connectivity index (χ2n) is 4.75. The Kier molecular flexibility index (Phi) is 4.60. The molecule has 0 N–H and O–H groups in total. The van der Waals surface area contributed by atoms with E-state index in [0.29, 0.717) is 6.42 Å². The van der Waals surface area contributed by atoms with Crippen LogP contribution in [0.4, 0.5) is 0 Å². The molecule has 1 saturated heterocycles. The summed E-state index contributed by atoms with van der Waals surface area (Å²) in [7, 11) is 0. The quantitative estimate of drug-likeness (QED) is 0.729. The lowest BCUT2D eigenvalue weighted by atomic mass is 10.0. The molecule has 1 aliphatic heterocycles. The van der Waals surface area contributed by atoms with Crippen LogP contribution in [0.15, 0.2) is 30.3 Å². The molecule has 2 heteroatoms. The summed E-state index contributed by atoms with van der Waals surface area (Å²) in [5.41, 5.74) is 1.25. The Balaban J connectivity index is 1.94. The lowest BCUT2D eigenvalue weighted by Crippen LogP contribution is -2.20. The molecule has 92 valence electrons. The van der Waals surface area contributed by atoms with Gasteiger partial charge in [-0.2, -0.15) is 0 Å². The summed E-state index contributed by atoms with van der Waals surface area (Å²) in [5.74, 6) is -0.0205. The van der Waals surface area contributed by atoms with Gasteiger partial charge in [-0.25, -0.2) is 0 Å². The van der Waals surface area contributed by atoms with E-state index in [4.69, 9.17) is 4.74 Å². The number of ether oxygens (including phenoxy) is 1. The highest BCUT2D eigenvalue weighted by molar-refractivity contribution is 5.69. The van der Waals surface area contributed by atoms with Crippen molar-refractivity contribution in [1.82, 2.24) is 0 Å². The molecule has 0 aliphatic carbocycles. The number of benzene rings is 1. The molecule has 2 nitrogen and oxygen atoms in total. The molecule has 0 bridgehead atoms. The molecular formula is C15H20O2. The zero-order valence-corrected chi connectivity index (χ0v) is 10.2. The minimum Gasteiger partial charge on any atom is -0.462 e. The highest BCUT2D eigenvalue weighted by Crippen LogP contribution is 2.17. The van der Waals surface area contributed by atoms with E-state index < -0.39 is 0 Å². The van der Waals surface area contributed by atoms with Gasteiger partial charge in [0.1, 0.15) is 6.10 Å². The van der Waals surface area contributed by atoms with Crippen LogP contribution in [0.25, 0.3) is 0 Å². The van der Waals surface area contributed by atoms with Gasteiger partial charge in [0.25, 0.3) is 0 Å². The molecule has 1 aliphatic rings. The van der Waals surface area contributed by atoms with Crippen molar-refractivity contribution in [3.05, 3.63) is 35.9 Å². The van der Waals surface area contributed by atoms with E-state index in [9.17, 15) is 4.79 Å². The molecule has 2 rings (SSSR count). The van der Waals surface area contributed by atoms with Gasteiger partial charge in [-0.15, -0.1) is 0 Å². The van der Waals surface area contributed by atoms with Crippen LogP contribution in [0.3, 0.4) is 0 Å². The van der Waals surface area contributed by atoms with Gasteiger partial charge in [0, 0.05) is 12.8 Å². The first-order chi connectivity index (χ1) is 8.34. The van der Waals surface area contributed by atoms with Gasteiger partial charge in [-0.05, 0) is 24.8 Å². The van der Waals surface area contributed by atoms with E-state index in [1.807, 2.05) is 18.2 Å². The summed E-state index contributed by atoms with van der Waals surface area (Å²) in [5, 5.41) is 0. The van der Waals surface area contributed by atoms with Crippen molar-refractivity contribution >= 4 is 5.97 Å². The van der Waals surface area contributed by atoms with Crippen molar-refractivity contribution in [2.45, 2.75) is 51.0 Å². The van der Waals surface area contributed by atoms with Crippen LogP contribution in [0.5, 0.6) is 0 Å². The third-order valence-corrected chi connectivity index (χ3v) is 3.26. The molecule has 1 unspecified atom stereocenters. The summed E-state index contributed by atoms with van der Waals surface area (Å²) >= 11 is 0. The Bertz CT molecular complexity index is 345. The topological polar surface area (TPSA) is 26.3 Å². The Morgan fingerprint density at radius 3 is 2.65 bits per heavy atom. The average molecular weight is 232 g/mol. The van der Waals surface area contributed by atoms with E-state index >= 15 is 0 Å². The molecule has 1 heterocycles. The summed E-state index contributed by atoms with van der Waals surface area (Å²) in [6, 6.07) is 10.3. The van der Waals surface area contributed by atoms with Crippen LogP contribution >= 0.6 is 0 Å². The predicted molar refractivity (Wildman–Crippen MR) is 67.7 cm³/mol. The summed E-state index contributed by atoms with van der Waals surface area (Å²) in [6.07, 6.45) is 7.05. The molecule has 1 atom stereocenters. The standard InChI is InChI=1S/C15H20O2/c16-15-11-7-2-1-6-10-14(17-15)12-13-8-4-3-5-9-13/h3-5,8-9,14H,1-2,6-7,10-12H2. The van der Waals surface area contributed by atoms with Crippen LogP contribution in [0, 0.1) is 0 Å². The lowest BCUT2D eigenvalue weighted by Gasteiger charge is -2.16. The summed E-state index contributed by atoms with van der Waals surface area (Å²) in [6.45, 7) is 0. The smallest absolute Gasteiger partial charge is 0.306 e. The Hall–Kier alpha value is -1.31. The van der Waals surface area contributed by atoms with Crippen LogP contribution in [0.1, 0.15) is 44.1 Å². The van der Waals surface area contributed by atoms with Crippen LogP contribution in [0.2, 0.25) is 0 Å². The molecule has 17 heavy (non-hydrogen) atoms. The van der Waals surface area contributed by atoms with E-state index in [1.54, 1.807) is 0 Å².